The van der Waals surface area contributed by atoms with Gasteiger partial charge in [0.15, 0.2) is 23.0 Å². The van der Waals surface area contributed by atoms with Crippen LogP contribution in [0.4, 0.5) is 0 Å². The van der Waals surface area contributed by atoms with Crippen LogP contribution in [0.25, 0.3) is 0 Å². The fraction of sp³-hybridized carbons (Fsp3) is 0.333. The van der Waals surface area contributed by atoms with Crippen molar-refractivity contribution in [2.24, 2.45) is 0 Å². The molecule has 0 amide bonds. The number of hydrogen-bond donors (Lipinski definition) is 2. The standard InChI is InChI=1S/C18H19NO5/c20-14(13-2-4-16-18(8-13)24-11-23-16)10-19-9-12-1-3-15-17(7-12)22-6-5-21-15/h1-4,7-8,14,19-20H,5-6,9-11H2. The smallest absolute Gasteiger partial charge is 0.231 e. The third-order valence-corrected chi connectivity index (χ3v) is 4.05. The lowest BCUT2D eigenvalue weighted by atomic mass is 10.1. The number of aliphatic hydroxyl groups excluding tert-OH is 1. The Labute approximate surface area is 139 Å². The fourth-order valence-corrected chi connectivity index (χ4v) is 2.79. The Morgan fingerprint density at radius 1 is 0.875 bits per heavy atom. The van der Waals surface area contributed by atoms with Crippen molar-refractivity contribution in [3.8, 4) is 23.0 Å². The van der Waals surface area contributed by atoms with Gasteiger partial charge in [-0.1, -0.05) is 12.1 Å². The summed E-state index contributed by atoms with van der Waals surface area (Å²) in [6.07, 6.45) is -0.614. The minimum Gasteiger partial charge on any atom is -0.486 e. The Balaban J connectivity index is 1.33. The largest absolute Gasteiger partial charge is 0.486 e. The molecule has 2 aromatic carbocycles. The molecule has 0 saturated carbocycles. The van der Waals surface area contributed by atoms with E-state index in [2.05, 4.69) is 5.32 Å². The van der Waals surface area contributed by atoms with E-state index in [4.69, 9.17) is 18.9 Å². The minimum absolute atomic E-state index is 0.233. The quantitative estimate of drug-likeness (QED) is 0.874. The molecule has 126 valence electrons. The maximum absolute atomic E-state index is 10.3. The average molecular weight is 329 g/mol. The van der Waals surface area contributed by atoms with Gasteiger partial charge in [-0.15, -0.1) is 0 Å². The third kappa shape index (κ3) is 3.11. The molecule has 2 aromatic rings. The predicted octanol–water partition coefficient (Wildman–Crippen LogP) is 2.01. The molecular weight excluding hydrogens is 310 g/mol. The average Bonchev–Trinajstić information content (AvgIpc) is 3.09. The molecule has 1 atom stereocenters. The van der Waals surface area contributed by atoms with E-state index in [1.807, 2.05) is 36.4 Å². The summed E-state index contributed by atoms with van der Waals surface area (Å²) in [7, 11) is 0. The molecule has 24 heavy (non-hydrogen) atoms. The van der Waals surface area contributed by atoms with E-state index in [0.717, 1.165) is 28.4 Å². The van der Waals surface area contributed by atoms with Crippen LogP contribution in [-0.2, 0) is 6.54 Å². The summed E-state index contributed by atoms with van der Waals surface area (Å²) in [6, 6.07) is 11.4. The number of nitrogens with one attached hydrogen (secondary N) is 1. The number of benzene rings is 2. The van der Waals surface area contributed by atoms with E-state index >= 15 is 0 Å². The first-order chi connectivity index (χ1) is 11.8. The van der Waals surface area contributed by atoms with Crippen molar-refractivity contribution in [1.29, 1.82) is 0 Å². The van der Waals surface area contributed by atoms with Gasteiger partial charge in [0, 0.05) is 13.1 Å². The van der Waals surface area contributed by atoms with Gasteiger partial charge in [0.2, 0.25) is 6.79 Å². The topological polar surface area (TPSA) is 69.2 Å². The Hall–Kier alpha value is -2.44. The van der Waals surface area contributed by atoms with Gasteiger partial charge >= 0.3 is 0 Å². The van der Waals surface area contributed by atoms with Gasteiger partial charge in [-0.3, -0.25) is 0 Å². The Morgan fingerprint density at radius 3 is 2.50 bits per heavy atom. The molecule has 4 rings (SSSR count). The second-order valence-electron chi connectivity index (χ2n) is 5.74. The minimum atomic E-state index is -0.614. The van der Waals surface area contributed by atoms with Crippen LogP contribution in [0.3, 0.4) is 0 Å². The number of ether oxygens (including phenoxy) is 4. The molecule has 2 aliphatic heterocycles. The summed E-state index contributed by atoms with van der Waals surface area (Å²) in [5.41, 5.74) is 1.88. The number of hydrogen-bond acceptors (Lipinski definition) is 6. The van der Waals surface area contributed by atoms with Gasteiger partial charge in [-0.25, -0.2) is 0 Å². The van der Waals surface area contributed by atoms with Crippen molar-refractivity contribution in [2.45, 2.75) is 12.6 Å². The maximum Gasteiger partial charge on any atom is 0.231 e. The molecule has 6 nitrogen and oxygen atoms in total. The van der Waals surface area contributed by atoms with Gasteiger partial charge in [0.25, 0.3) is 0 Å². The van der Waals surface area contributed by atoms with Crippen LogP contribution < -0.4 is 24.3 Å². The van der Waals surface area contributed by atoms with E-state index in [1.54, 1.807) is 0 Å². The molecule has 2 heterocycles. The monoisotopic (exact) mass is 329 g/mol. The normalized spacial score (nSPS) is 16.0. The molecule has 2 N–H and O–H groups in total. The summed E-state index contributed by atoms with van der Waals surface area (Å²) in [4.78, 5) is 0. The highest BCUT2D eigenvalue weighted by atomic mass is 16.7. The van der Waals surface area contributed by atoms with Crippen LogP contribution in [0.1, 0.15) is 17.2 Å². The van der Waals surface area contributed by atoms with Crippen LogP contribution in [0, 0.1) is 0 Å². The first-order valence-corrected chi connectivity index (χ1v) is 7.96. The summed E-state index contributed by atoms with van der Waals surface area (Å²) in [6.45, 7) is 2.47. The second-order valence-corrected chi connectivity index (χ2v) is 5.74. The summed E-state index contributed by atoms with van der Waals surface area (Å²) in [5.74, 6) is 2.95. The molecule has 0 radical (unpaired) electrons. The molecular formula is C18H19NO5. The van der Waals surface area contributed by atoms with Crippen molar-refractivity contribution in [1.82, 2.24) is 5.32 Å². The van der Waals surface area contributed by atoms with Gasteiger partial charge in [0.1, 0.15) is 13.2 Å². The summed E-state index contributed by atoms with van der Waals surface area (Å²) < 4.78 is 21.7. The predicted molar refractivity (Wildman–Crippen MR) is 86.7 cm³/mol. The fourth-order valence-electron chi connectivity index (χ4n) is 2.79. The zero-order chi connectivity index (χ0) is 16.4. The van der Waals surface area contributed by atoms with Crippen molar-refractivity contribution in [3.05, 3.63) is 47.5 Å². The Morgan fingerprint density at radius 2 is 1.58 bits per heavy atom. The first kappa shape index (κ1) is 15.1. The lowest BCUT2D eigenvalue weighted by Crippen LogP contribution is -2.21. The lowest BCUT2D eigenvalue weighted by molar-refractivity contribution is 0.169. The lowest BCUT2D eigenvalue weighted by Gasteiger charge is -2.19. The Kier molecular flexibility index (Phi) is 4.15. The summed E-state index contributed by atoms with van der Waals surface area (Å²) >= 11 is 0. The van der Waals surface area contributed by atoms with Gasteiger partial charge in [-0.2, -0.15) is 0 Å². The maximum atomic E-state index is 10.3. The van der Waals surface area contributed by atoms with Crippen LogP contribution >= 0.6 is 0 Å². The van der Waals surface area contributed by atoms with E-state index in [1.165, 1.54) is 0 Å². The highest BCUT2D eigenvalue weighted by Crippen LogP contribution is 2.34. The molecule has 0 fully saturated rings. The van der Waals surface area contributed by atoms with Gasteiger partial charge in [-0.05, 0) is 35.4 Å². The van der Waals surface area contributed by atoms with Crippen LogP contribution in [0.15, 0.2) is 36.4 Å². The van der Waals surface area contributed by atoms with Crippen LogP contribution in [0.2, 0.25) is 0 Å². The highest BCUT2D eigenvalue weighted by molar-refractivity contribution is 5.45. The molecule has 0 aromatic heterocycles. The molecule has 2 aliphatic rings. The SMILES string of the molecule is OC(CNCc1ccc2c(c1)OCCO2)c1ccc2c(c1)OCO2. The molecule has 0 saturated heterocycles. The molecule has 1 unspecified atom stereocenters. The number of rotatable bonds is 5. The number of fused-ring (bicyclic) bond motifs is 2. The van der Waals surface area contributed by atoms with Gasteiger partial charge in [0.05, 0.1) is 6.10 Å². The molecule has 0 spiro atoms. The van der Waals surface area contributed by atoms with E-state index in [9.17, 15) is 5.11 Å². The summed E-state index contributed by atoms with van der Waals surface area (Å²) in [5, 5.41) is 13.6. The van der Waals surface area contributed by atoms with E-state index in [0.29, 0.717) is 32.1 Å². The second kappa shape index (κ2) is 6.59. The third-order valence-electron chi connectivity index (χ3n) is 4.05. The highest BCUT2D eigenvalue weighted by Gasteiger charge is 2.16. The van der Waals surface area contributed by atoms with Crippen molar-refractivity contribution in [3.63, 3.8) is 0 Å². The van der Waals surface area contributed by atoms with Crippen molar-refractivity contribution >= 4 is 0 Å². The molecule has 0 aliphatic carbocycles. The van der Waals surface area contributed by atoms with Gasteiger partial charge < -0.3 is 29.4 Å². The zero-order valence-corrected chi connectivity index (χ0v) is 13.2. The van der Waals surface area contributed by atoms with E-state index < -0.39 is 6.10 Å². The Bertz CT molecular complexity index is 733. The number of aliphatic hydroxyl groups is 1. The van der Waals surface area contributed by atoms with Crippen LogP contribution in [-0.4, -0.2) is 31.7 Å². The van der Waals surface area contributed by atoms with Crippen molar-refractivity contribution < 1.29 is 24.1 Å². The zero-order valence-electron chi connectivity index (χ0n) is 13.2. The van der Waals surface area contributed by atoms with E-state index in [-0.39, 0.29) is 6.79 Å². The van der Waals surface area contributed by atoms with Crippen molar-refractivity contribution in [2.75, 3.05) is 26.6 Å². The van der Waals surface area contributed by atoms with Crippen LogP contribution in [0.5, 0.6) is 23.0 Å². The first-order valence-electron chi connectivity index (χ1n) is 7.96. The molecule has 6 heteroatoms. The molecule has 0 bridgehead atoms.